The Hall–Kier alpha value is -2.69. The number of anilines is 1. The minimum atomic E-state index is -0.676. The maximum Gasteiger partial charge on any atom is 0.433 e. The zero-order valence-corrected chi connectivity index (χ0v) is 17.1. The lowest BCUT2D eigenvalue weighted by atomic mass is 10.3. The van der Waals surface area contributed by atoms with E-state index in [1.54, 1.807) is 13.2 Å². The number of likely N-dealkylation sites (N-methyl/N-ethyl adjacent to an activating group) is 1. The van der Waals surface area contributed by atoms with Gasteiger partial charge in [0, 0.05) is 13.1 Å². The molecule has 2 aromatic heterocycles. The van der Waals surface area contributed by atoms with E-state index in [1.807, 2.05) is 31.1 Å². The summed E-state index contributed by atoms with van der Waals surface area (Å²) in [6.07, 6.45) is 0. The largest absolute Gasteiger partial charge is 0.497 e. The van der Waals surface area contributed by atoms with Crippen LogP contribution < -0.4 is 9.64 Å². The summed E-state index contributed by atoms with van der Waals surface area (Å²) in [5.41, 5.74) is 0.740. The topological polar surface area (TPSA) is 102 Å². The van der Waals surface area contributed by atoms with Crippen LogP contribution >= 0.6 is 23.7 Å². The molecule has 0 fully saturated rings. The number of benzene rings is 1. The van der Waals surface area contributed by atoms with Crippen LogP contribution in [0.3, 0.4) is 0 Å². The van der Waals surface area contributed by atoms with Gasteiger partial charge in [0.2, 0.25) is 0 Å². The van der Waals surface area contributed by atoms with Crippen molar-refractivity contribution in [3.05, 3.63) is 46.2 Å². The van der Waals surface area contributed by atoms with Crippen molar-refractivity contribution in [2.24, 2.45) is 0 Å². The highest BCUT2D eigenvalue weighted by Crippen LogP contribution is 2.32. The van der Waals surface area contributed by atoms with Gasteiger partial charge in [-0.3, -0.25) is 19.8 Å². The molecule has 9 nitrogen and oxygen atoms in total. The summed E-state index contributed by atoms with van der Waals surface area (Å²) in [4.78, 5) is 31.0. The molecule has 1 amide bonds. The Morgan fingerprint density at radius 3 is 2.64 bits per heavy atom. The second-order valence-corrected chi connectivity index (χ2v) is 6.99. The number of nitrogens with zero attached hydrogens (tertiary/aromatic N) is 4. The first-order valence-electron chi connectivity index (χ1n) is 8.04. The zero-order valence-electron chi connectivity index (χ0n) is 15.4. The third-order valence-corrected chi connectivity index (χ3v) is 4.85. The maximum atomic E-state index is 12.9. The second-order valence-electron chi connectivity index (χ2n) is 5.99. The number of carbonyl (C=O) groups excluding carboxylic acids is 1. The zero-order chi connectivity index (χ0) is 19.6. The van der Waals surface area contributed by atoms with E-state index in [9.17, 15) is 14.9 Å². The summed E-state index contributed by atoms with van der Waals surface area (Å²) in [6, 6.07) is 7.94. The number of thiazole rings is 1. The van der Waals surface area contributed by atoms with Crippen LogP contribution in [0.25, 0.3) is 10.2 Å². The Labute approximate surface area is 171 Å². The molecule has 11 heteroatoms. The van der Waals surface area contributed by atoms with Gasteiger partial charge in [-0.1, -0.05) is 11.3 Å². The lowest BCUT2D eigenvalue weighted by molar-refractivity contribution is -0.402. The standard InChI is InChI=1S/C17H18N4O5S.ClH/c1-19(2)8-9-20(16(22)13-6-7-15(26-13)21(23)24)17-18-12-5-4-11(25-3)10-14(12)27-17;/h4-7,10H,8-9H2,1-3H3;1H. The fourth-order valence-electron chi connectivity index (χ4n) is 2.39. The number of fused-ring (bicyclic) bond motifs is 1. The fraction of sp³-hybridized carbons (Fsp3) is 0.294. The SMILES string of the molecule is COc1ccc2nc(N(CCN(C)C)C(=O)c3ccc([N+](=O)[O-])o3)sc2c1.Cl. The van der Waals surface area contributed by atoms with Gasteiger partial charge in [0.25, 0.3) is 5.91 Å². The molecule has 0 spiro atoms. The average molecular weight is 427 g/mol. The lowest BCUT2D eigenvalue weighted by Crippen LogP contribution is -2.36. The van der Waals surface area contributed by atoms with E-state index >= 15 is 0 Å². The normalized spacial score (nSPS) is 10.7. The molecule has 0 unspecified atom stereocenters. The smallest absolute Gasteiger partial charge is 0.433 e. The van der Waals surface area contributed by atoms with Gasteiger partial charge in [0.15, 0.2) is 10.9 Å². The monoisotopic (exact) mass is 426 g/mol. The Bertz CT molecular complexity index is 987. The predicted octanol–water partition coefficient (Wildman–Crippen LogP) is 3.44. The summed E-state index contributed by atoms with van der Waals surface area (Å²) in [6.45, 7) is 0.949. The van der Waals surface area contributed by atoms with Gasteiger partial charge < -0.3 is 14.1 Å². The Morgan fingerprint density at radius 1 is 1.29 bits per heavy atom. The van der Waals surface area contributed by atoms with E-state index in [2.05, 4.69) is 4.98 Å². The molecule has 0 atom stereocenters. The number of ether oxygens (including phenoxy) is 1. The number of amides is 1. The van der Waals surface area contributed by atoms with Crippen molar-refractivity contribution in [3.8, 4) is 5.75 Å². The summed E-state index contributed by atoms with van der Waals surface area (Å²) in [7, 11) is 5.37. The summed E-state index contributed by atoms with van der Waals surface area (Å²) in [5.74, 6) is -0.348. The number of methoxy groups -OCH3 is 1. The molecule has 0 saturated heterocycles. The summed E-state index contributed by atoms with van der Waals surface area (Å²) >= 11 is 1.34. The van der Waals surface area contributed by atoms with E-state index in [4.69, 9.17) is 9.15 Å². The van der Waals surface area contributed by atoms with Crippen LogP contribution in [0.15, 0.2) is 34.7 Å². The molecule has 0 radical (unpaired) electrons. The maximum absolute atomic E-state index is 12.9. The lowest BCUT2D eigenvalue weighted by Gasteiger charge is -2.20. The van der Waals surface area contributed by atoms with Crippen LogP contribution in [0.4, 0.5) is 11.0 Å². The second kappa shape index (κ2) is 9.00. The van der Waals surface area contributed by atoms with Crippen LogP contribution in [0.5, 0.6) is 5.75 Å². The molecule has 0 aliphatic heterocycles. The minimum absolute atomic E-state index is 0. The molecule has 3 aromatic rings. The quantitative estimate of drug-likeness (QED) is 0.421. The van der Waals surface area contributed by atoms with Gasteiger partial charge in [0.05, 0.1) is 23.4 Å². The Balaban J connectivity index is 0.00000280. The van der Waals surface area contributed by atoms with Crippen LogP contribution in [0.1, 0.15) is 10.6 Å². The van der Waals surface area contributed by atoms with Crippen molar-refractivity contribution < 1.29 is 18.9 Å². The summed E-state index contributed by atoms with van der Waals surface area (Å²) in [5, 5.41) is 11.3. The summed E-state index contributed by atoms with van der Waals surface area (Å²) < 4.78 is 11.2. The van der Waals surface area contributed by atoms with E-state index < -0.39 is 16.7 Å². The molecule has 1 aromatic carbocycles. The Kier molecular flexibility index (Phi) is 6.95. The van der Waals surface area contributed by atoms with E-state index in [-0.39, 0.29) is 18.2 Å². The van der Waals surface area contributed by atoms with Crippen molar-refractivity contribution in [2.45, 2.75) is 0 Å². The molecule has 0 aliphatic carbocycles. The third kappa shape index (κ3) is 4.58. The number of hydrogen-bond donors (Lipinski definition) is 0. The molecular weight excluding hydrogens is 408 g/mol. The van der Waals surface area contributed by atoms with Crippen molar-refractivity contribution in [3.63, 3.8) is 0 Å². The minimum Gasteiger partial charge on any atom is -0.497 e. The van der Waals surface area contributed by atoms with E-state index in [1.165, 1.54) is 28.4 Å². The first-order chi connectivity index (χ1) is 12.9. The first-order valence-corrected chi connectivity index (χ1v) is 8.86. The number of rotatable bonds is 7. The number of hydrogen-bond acceptors (Lipinski definition) is 8. The number of halogens is 1. The number of furan rings is 1. The number of carbonyl (C=O) groups is 1. The van der Waals surface area contributed by atoms with Gasteiger partial charge in [-0.05, 0) is 38.4 Å². The highest BCUT2D eigenvalue weighted by molar-refractivity contribution is 7.22. The predicted molar refractivity (Wildman–Crippen MR) is 109 cm³/mol. The fourth-order valence-corrected chi connectivity index (χ4v) is 3.41. The van der Waals surface area contributed by atoms with E-state index in [0.717, 1.165) is 10.2 Å². The van der Waals surface area contributed by atoms with Gasteiger partial charge in [0.1, 0.15) is 10.7 Å². The molecule has 28 heavy (non-hydrogen) atoms. The van der Waals surface area contributed by atoms with Crippen molar-refractivity contribution in [2.75, 3.05) is 39.2 Å². The molecule has 0 bridgehead atoms. The molecule has 150 valence electrons. The van der Waals surface area contributed by atoms with Crippen LogP contribution in [-0.2, 0) is 0 Å². The highest BCUT2D eigenvalue weighted by Gasteiger charge is 2.26. The van der Waals surface area contributed by atoms with Crippen LogP contribution in [0.2, 0.25) is 0 Å². The van der Waals surface area contributed by atoms with Crippen molar-refractivity contribution >= 4 is 50.9 Å². The van der Waals surface area contributed by atoms with Crippen molar-refractivity contribution in [1.82, 2.24) is 9.88 Å². The van der Waals surface area contributed by atoms with E-state index in [0.29, 0.717) is 24.0 Å². The molecule has 2 heterocycles. The number of aromatic nitrogens is 1. The van der Waals surface area contributed by atoms with Crippen LogP contribution in [-0.4, -0.2) is 55.0 Å². The third-order valence-electron chi connectivity index (χ3n) is 3.81. The van der Waals surface area contributed by atoms with Crippen molar-refractivity contribution in [1.29, 1.82) is 0 Å². The first kappa shape index (κ1) is 21.6. The van der Waals surface area contributed by atoms with Gasteiger partial charge >= 0.3 is 5.88 Å². The van der Waals surface area contributed by atoms with Gasteiger partial charge in [-0.25, -0.2) is 4.98 Å². The van der Waals surface area contributed by atoms with Gasteiger partial charge in [-0.2, -0.15) is 0 Å². The molecule has 3 rings (SSSR count). The molecule has 0 saturated carbocycles. The highest BCUT2D eigenvalue weighted by atomic mass is 35.5. The molecule has 0 N–H and O–H groups in total. The van der Waals surface area contributed by atoms with Crippen LogP contribution in [0, 0.1) is 10.1 Å². The Morgan fingerprint density at radius 2 is 2.04 bits per heavy atom. The van der Waals surface area contributed by atoms with Gasteiger partial charge in [-0.15, -0.1) is 12.4 Å². The average Bonchev–Trinajstić information content (AvgIpc) is 3.27. The molecule has 0 aliphatic rings. The molecular formula is C17H19ClN4O5S. The number of nitro groups is 1.